The first kappa shape index (κ1) is 15.6. The third-order valence-corrected chi connectivity index (χ3v) is 4.63. The number of nitrogens with one attached hydrogen (secondary N) is 1. The fourth-order valence-electron chi connectivity index (χ4n) is 1.66. The minimum absolute atomic E-state index is 0.182. The number of nitrogens with two attached hydrogens (primary N) is 1. The van der Waals surface area contributed by atoms with Crippen molar-refractivity contribution in [3.8, 4) is 0 Å². The number of rotatable bonds is 6. The summed E-state index contributed by atoms with van der Waals surface area (Å²) in [5.74, 6) is 0. The molecular weight excluding hydrogens is 242 g/mol. The predicted molar refractivity (Wildman–Crippen MR) is 80.0 cm³/mol. The van der Waals surface area contributed by atoms with Crippen LogP contribution in [0.5, 0.6) is 0 Å². The molecule has 0 fully saturated rings. The zero-order valence-corrected chi connectivity index (χ0v) is 13.1. The lowest BCUT2D eigenvalue weighted by Crippen LogP contribution is -2.38. The number of hydrogen-bond donors (Lipinski definition) is 2. The quantitative estimate of drug-likeness (QED) is 0.834. The van der Waals surface area contributed by atoms with Gasteiger partial charge in [0.05, 0.1) is 6.04 Å². The Morgan fingerprint density at radius 1 is 1.44 bits per heavy atom. The first-order chi connectivity index (χ1) is 8.34. The molecule has 0 amide bonds. The van der Waals surface area contributed by atoms with Crippen LogP contribution in [0.2, 0.25) is 0 Å². The van der Waals surface area contributed by atoms with Crippen molar-refractivity contribution in [3.05, 3.63) is 16.1 Å². The minimum Gasteiger partial charge on any atom is -0.327 e. The molecule has 0 aliphatic rings. The largest absolute Gasteiger partial charge is 0.327 e. The second-order valence-electron chi connectivity index (χ2n) is 5.96. The second-order valence-corrected chi connectivity index (χ2v) is 7.10. The van der Waals surface area contributed by atoms with Gasteiger partial charge in [-0.1, -0.05) is 27.7 Å². The summed E-state index contributed by atoms with van der Waals surface area (Å²) in [6.07, 6.45) is 4.05. The third kappa shape index (κ3) is 4.67. The van der Waals surface area contributed by atoms with Gasteiger partial charge in [0, 0.05) is 17.1 Å². The summed E-state index contributed by atoms with van der Waals surface area (Å²) in [6, 6.07) is 0.558. The van der Waals surface area contributed by atoms with Crippen molar-refractivity contribution in [2.75, 3.05) is 6.54 Å². The van der Waals surface area contributed by atoms with Crippen LogP contribution in [-0.4, -0.2) is 17.6 Å². The molecular formula is C14H27N3S. The molecule has 3 nitrogen and oxygen atoms in total. The van der Waals surface area contributed by atoms with Gasteiger partial charge in [-0.05, 0) is 31.7 Å². The van der Waals surface area contributed by atoms with E-state index in [2.05, 4.69) is 44.9 Å². The van der Waals surface area contributed by atoms with Crippen LogP contribution in [0.1, 0.15) is 57.0 Å². The Hall–Kier alpha value is -0.450. The molecule has 0 radical (unpaired) electrons. The summed E-state index contributed by atoms with van der Waals surface area (Å²) in [5.41, 5.74) is 6.33. The van der Waals surface area contributed by atoms with E-state index in [4.69, 9.17) is 5.73 Å². The van der Waals surface area contributed by atoms with Crippen molar-refractivity contribution in [2.45, 2.75) is 59.5 Å². The van der Waals surface area contributed by atoms with Gasteiger partial charge in [0.1, 0.15) is 5.01 Å². The van der Waals surface area contributed by atoms with Crippen LogP contribution in [0.15, 0.2) is 6.20 Å². The van der Waals surface area contributed by atoms with Gasteiger partial charge in [0.2, 0.25) is 0 Å². The highest BCUT2D eigenvalue weighted by molar-refractivity contribution is 7.11. The standard InChI is InChI=1S/C14H27N3S/c1-6-11-9-17-13(18-11)10(2)16-8-7-12(15)14(3,4)5/h9-10,12,16H,6-8,15H2,1-5H3. The second kappa shape index (κ2) is 6.64. The first-order valence-electron chi connectivity index (χ1n) is 6.78. The van der Waals surface area contributed by atoms with Crippen LogP contribution in [0, 0.1) is 5.41 Å². The lowest BCUT2D eigenvalue weighted by atomic mass is 9.85. The molecule has 104 valence electrons. The molecule has 0 aliphatic heterocycles. The Labute approximate surface area is 115 Å². The van der Waals surface area contributed by atoms with Crippen molar-refractivity contribution in [1.82, 2.24) is 10.3 Å². The number of thiazole rings is 1. The van der Waals surface area contributed by atoms with Crippen LogP contribution in [0.3, 0.4) is 0 Å². The van der Waals surface area contributed by atoms with E-state index < -0.39 is 0 Å². The van der Waals surface area contributed by atoms with Crippen molar-refractivity contribution in [3.63, 3.8) is 0 Å². The molecule has 2 unspecified atom stereocenters. The number of aromatic nitrogens is 1. The molecule has 0 aromatic carbocycles. The maximum Gasteiger partial charge on any atom is 0.109 e. The molecule has 1 aromatic rings. The Morgan fingerprint density at radius 3 is 2.61 bits per heavy atom. The van der Waals surface area contributed by atoms with E-state index in [1.54, 1.807) is 11.3 Å². The van der Waals surface area contributed by atoms with Crippen molar-refractivity contribution in [2.24, 2.45) is 11.1 Å². The van der Waals surface area contributed by atoms with Crippen molar-refractivity contribution >= 4 is 11.3 Å². The molecule has 0 aliphatic carbocycles. The van der Waals surface area contributed by atoms with Gasteiger partial charge in [0.25, 0.3) is 0 Å². The maximum absolute atomic E-state index is 6.15. The predicted octanol–water partition coefficient (Wildman–Crippen LogP) is 3.12. The van der Waals surface area contributed by atoms with Crippen LogP contribution in [-0.2, 0) is 6.42 Å². The van der Waals surface area contributed by atoms with E-state index in [1.807, 2.05) is 6.20 Å². The average molecular weight is 269 g/mol. The van der Waals surface area contributed by atoms with Gasteiger partial charge in [0.15, 0.2) is 0 Å². The van der Waals surface area contributed by atoms with Gasteiger partial charge in [-0.3, -0.25) is 0 Å². The summed E-state index contributed by atoms with van der Waals surface area (Å²) in [4.78, 5) is 5.81. The van der Waals surface area contributed by atoms with E-state index in [0.717, 1.165) is 19.4 Å². The molecule has 1 heterocycles. The fourth-order valence-corrected chi connectivity index (χ4v) is 2.55. The van der Waals surface area contributed by atoms with Crippen molar-refractivity contribution in [1.29, 1.82) is 0 Å². The normalized spacial score (nSPS) is 15.7. The first-order valence-corrected chi connectivity index (χ1v) is 7.59. The number of hydrogen-bond acceptors (Lipinski definition) is 4. The number of aryl methyl sites for hydroxylation is 1. The molecule has 1 aromatic heterocycles. The molecule has 2 atom stereocenters. The molecule has 0 spiro atoms. The van der Waals surface area contributed by atoms with Crippen LogP contribution >= 0.6 is 11.3 Å². The van der Waals surface area contributed by atoms with Gasteiger partial charge < -0.3 is 11.1 Å². The van der Waals surface area contributed by atoms with Gasteiger partial charge in [-0.15, -0.1) is 11.3 Å². The fraction of sp³-hybridized carbons (Fsp3) is 0.786. The molecule has 1 rings (SSSR count). The van der Waals surface area contributed by atoms with Gasteiger partial charge in [-0.2, -0.15) is 0 Å². The molecule has 0 saturated heterocycles. The van der Waals surface area contributed by atoms with E-state index in [1.165, 1.54) is 9.88 Å². The minimum atomic E-state index is 0.182. The van der Waals surface area contributed by atoms with Gasteiger partial charge >= 0.3 is 0 Å². The molecule has 0 bridgehead atoms. The van der Waals surface area contributed by atoms with E-state index in [9.17, 15) is 0 Å². The molecule has 3 N–H and O–H groups in total. The highest BCUT2D eigenvalue weighted by Crippen LogP contribution is 2.21. The zero-order chi connectivity index (χ0) is 13.8. The molecule has 18 heavy (non-hydrogen) atoms. The molecule has 0 saturated carbocycles. The number of nitrogens with zero attached hydrogens (tertiary/aromatic N) is 1. The Bertz CT molecular complexity index is 354. The topological polar surface area (TPSA) is 50.9 Å². The van der Waals surface area contributed by atoms with E-state index in [0.29, 0.717) is 6.04 Å². The van der Waals surface area contributed by atoms with E-state index >= 15 is 0 Å². The SMILES string of the molecule is CCc1cnc(C(C)NCCC(N)C(C)(C)C)s1. The lowest BCUT2D eigenvalue weighted by Gasteiger charge is -2.27. The zero-order valence-electron chi connectivity index (χ0n) is 12.3. The van der Waals surface area contributed by atoms with Gasteiger partial charge in [-0.25, -0.2) is 4.98 Å². The Balaban J connectivity index is 2.35. The lowest BCUT2D eigenvalue weighted by molar-refractivity contribution is 0.300. The summed E-state index contributed by atoms with van der Waals surface area (Å²) in [5, 5.41) is 4.68. The highest BCUT2D eigenvalue weighted by atomic mass is 32.1. The summed E-state index contributed by atoms with van der Waals surface area (Å²) in [6.45, 7) is 11.8. The summed E-state index contributed by atoms with van der Waals surface area (Å²) < 4.78 is 0. The average Bonchev–Trinajstić information content (AvgIpc) is 2.75. The van der Waals surface area contributed by atoms with Crippen LogP contribution in [0.4, 0.5) is 0 Å². The monoisotopic (exact) mass is 269 g/mol. The summed E-state index contributed by atoms with van der Waals surface area (Å²) >= 11 is 1.80. The maximum atomic E-state index is 6.15. The third-order valence-electron chi connectivity index (χ3n) is 3.31. The summed E-state index contributed by atoms with van der Waals surface area (Å²) in [7, 11) is 0. The van der Waals surface area contributed by atoms with Crippen LogP contribution in [0.25, 0.3) is 0 Å². The van der Waals surface area contributed by atoms with Crippen molar-refractivity contribution < 1.29 is 0 Å². The van der Waals surface area contributed by atoms with Crippen LogP contribution < -0.4 is 11.1 Å². The molecule has 4 heteroatoms. The van der Waals surface area contributed by atoms with E-state index in [-0.39, 0.29) is 11.5 Å². The Kier molecular flexibility index (Phi) is 5.76. The smallest absolute Gasteiger partial charge is 0.109 e. The highest BCUT2D eigenvalue weighted by Gasteiger charge is 2.20. The Morgan fingerprint density at radius 2 is 2.11 bits per heavy atom.